The number of hydrogen-bond donors (Lipinski definition) is 1. The SMILES string of the molecule is CCOC(=O)OC(=O)[C@H](CSC)NC(=O)OC(C)(C)C. The second kappa shape index (κ2) is 8.68. The van der Waals surface area contributed by atoms with Gasteiger partial charge in [0.15, 0.2) is 0 Å². The zero-order valence-electron chi connectivity index (χ0n) is 12.3. The van der Waals surface area contributed by atoms with Gasteiger partial charge in [-0.2, -0.15) is 11.8 Å². The molecule has 0 radical (unpaired) electrons. The summed E-state index contributed by atoms with van der Waals surface area (Å²) in [5.41, 5.74) is -0.682. The molecule has 0 rings (SSSR count). The molecule has 20 heavy (non-hydrogen) atoms. The lowest BCUT2D eigenvalue weighted by Crippen LogP contribution is -2.46. The molecular formula is C12H21NO6S. The van der Waals surface area contributed by atoms with Crippen LogP contribution in [0.25, 0.3) is 0 Å². The summed E-state index contributed by atoms with van der Waals surface area (Å²) in [5.74, 6) is -0.638. The molecule has 0 saturated heterocycles. The van der Waals surface area contributed by atoms with Gasteiger partial charge in [0, 0.05) is 5.75 Å². The van der Waals surface area contributed by atoms with E-state index in [-0.39, 0.29) is 12.4 Å². The van der Waals surface area contributed by atoms with Crippen molar-refractivity contribution in [2.75, 3.05) is 18.6 Å². The number of thioether (sulfide) groups is 1. The lowest BCUT2D eigenvalue weighted by Gasteiger charge is -2.22. The fraction of sp³-hybridized carbons (Fsp3) is 0.750. The molecule has 0 aromatic carbocycles. The first-order valence-electron chi connectivity index (χ1n) is 6.06. The van der Waals surface area contributed by atoms with Crippen LogP contribution in [0.3, 0.4) is 0 Å². The van der Waals surface area contributed by atoms with E-state index in [2.05, 4.69) is 14.8 Å². The quantitative estimate of drug-likeness (QED) is 0.613. The predicted octanol–water partition coefficient (Wildman–Crippen LogP) is 1.94. The van der Waals surface area contributed by atoms with Crippen LogP contribution >= 0.6 is 11.8 Å². The third-order valence-electron chi connectivity index (χ3n) is 1.75. The van der Waals surface area contributed by atoms with Gasteiger partial charge in [0.05, 0.1) is 6.61 Å². The minimum Gasteiger partial charge on any atom is -0.444 e. The molecule has 0 aromatic rings. The number of hydrogen-bond acceptors (Lipinski definition) is 7. The Morgan fingerprint density at radius 1 is 1.25 bits per heavy atom. The zero-order valence-corrected chi connectivity index (χ0v) is 13.2. The molecule has 1 atom stereocenters. The summed E-state index contributed by atoms with van der Waals surface area (Å²) >= 11 is 1.32. The van der Waals surface area contributed by atoms with E-state index in [0.717, 1.165) is 0 Å². The Hall–Kier alpha value is -1.44. The summed E-state index contributed by atoms with van der Waals surface area (Å²) in [5, 5.41) is 2.36. The summed E-state index contributed by atoms with van der Waals surface area (Å²) in [6, 6.07) is -0.982. The highest BCUT2D eigenvalue weighted by atomic mass is 32.2. The first kappa shape index (κ1) is 18.6. The molecule has 0 bridgehead atoms. The maximum absolute atomic E-state index is 11.7. The van der Waals surface area contributed by atoms with Gasteiger partial charge < -0.3 is 19.5 Å². The van der Waals surface area contributed by atoms with Crippen molar-refractivity contribution in [2.24, 2.45) is 0 Å². The van der Waals surface area contributed by atoms with E-state index in [4.69, 9.17) is 4.74 Å². The normalized spacial score (nSPS) is 12.2. The van der Waals surface area contributed by atoms with Crippen LogP contribution in [0.2, 0.25) is 0 Å². The first-order valence-corrected chi connectivity index (χ1v) is 7.46. The highest BCUT2D eigenvalue weighted by molar-refractivity contribution is 7.98. The van der Waals surface area contributed by atoms with Crippen LogP contribution in [-0.2, 0) is 19.0 Å². The monoisotopic (exact) mass is 307 g/mol. The second-order valence-corrected chi connectivity index (χ2v) is 5.67. The Balaban J connectivity index is 4.51. The highest BCUT2D eigenvalue weighted by Crippen LogP contribution is 2.08. The number of esters is 1. The number of carbonyl (C=O) groups excluding carboxylic acids is 3. The Kier molecular flexibility index (Phi) is 8.05. The minimum absolute atomic E-state index is 0.0960. The van der Waals surface area contributed by atoms with Crippen LogP contribution in [0.5, 0.6) is 0 Å². The van der Waals surface area contributed by atoms with E-state index in [0.29, 0.717) is 0 Å². The maximum atomic E-state index is 11.7. The molecule has 0 spiro atoms. The molecule has 7 nitrogen and oxygen atoms in total. The van der Waals surface area contributed by atoms with Crippen molar-refractivity contribution < 1.29 is 28.6 Å². The molecule has 0 heterocycles. The topological polar surface area (TPSA) is 90.9 Å². The van der Waals surface area contributed by atoms with E-state index in [1.165, 1.54) is 11.8 Å². The van der Waals surface area contributed by atoms with Crippen molar-refractivity contribution in [2.45, 2.75) is 39.3 Å². The standard InChI is InChI=1S/C12H21NO6S/c1-6-17-11(16)18-9(14)8(7-20-5)13-10(15)19-12(2,3)4/h8H,6-7H2,1-5H3,(H,13,15)/t8-/m0/s1. The number of carbonyl (C=O) groups is 3. The average Bonchev–Trinajstić information content (AvgIpc) is 2.25. The fourth-order valence-corrected chi connectivity index (χ4v) is 1.64. The average molecular weight is 307 g/mol. The lowest BCUT2D eigenvalue weighted by atomic mass is 10.2. The largest absolute Gasteiger partial charge is 0.516 e. The van der Waals surface area contributed by atoms with Crippen LogP contribution in [0, 0.1) is 0 Å². The summed E-state index contributed by atoms with van der Waals surface area (Å²) in [6.45, 7) is 6.79. The Bertz CT molecular complexity index is 352. The number of rotatable bonds is 5. The molecule has 8 heteroatoms. The van der Waals surface area contributed by atoms with Gasteiger partial charge in [0.2, 0.25) is 0 Å². The zero-order chi connectivity index (χ0) is 15.8. The molecular weight excluding hydrogens is 286 g/mol. The van der Waals surface area contributed by atoms with Crippen molar-refractivity contribution in [1.82, 2.24) is 5.32 Å². The molecule has 0 aromatic heterocycles. The fourth-order valence-electron chi connectivity index (χ4n) is 1.09. The molecule has 0 unspecified atom stereocenters. The molecule has 0 aliphatic carbocycles. The van der Waals surface area contributed by atoms with Crippen molar-refractivity contribution in [3.63, 3.8) is 0 Å². The summed E-state index contributed by atoms with van der Waals surface area (Å²) in [6.07, 6.45) is -0.0894. The Morgan fingerprint density at radius 2 is 1.85 bits per heavy atom. The van der Waals surface area contributed by atoms with Gasteiger partial charge in [-0.1, -0.05) is 0 Å². The highest BCUT2D eigenvalue weighted by Gasteiger charge is 2.27. The maximum Gasteiger partial charge on any atom is 0.516 e. The van der Waals surface area contributed by atoms with Crippen molar-refractivity contribution >= 4 is 30.0 Å². The van der Waals surface area contributed by atoms with Crippen molar-refractivity contribution in [1.29, 1.82) is 0 Å². The van der Waals surface area contributed by atoms with E-state index in [1.54, 1.807) is 34.0 Å². The van der Waals surface area contributed by atoms with Crippen LogP contribution in [-0.4, -0.2) is 48.5 Å². The second-order valence-electron chi connectivity index (χ2n) is 4.76. The van der Waals surface area contributed by atoms with Gasteiger partial charge >= 0.3 is 18.2 Å². The number of nitrogens with one attached hydrogen (secondary N) is 1. The van der Waals surface area contributed by atoms with Crippen LogP contribution in [0.4, 0.5) is 9.59 Å². The van der Waals surface area contributed by atoms with E-state index < -0.39 is 29.9 Å². The van der Waals surface area contributed by atoms with Gasteiger partial charge in [-0.05, 0) is 34.0 Å². The minimum atomic E-state index is -1.09. The number of alkyl carbamates (subject to hydrolysis) is 1. The smallest absolute Gasteiger partial charge is 0.444 e. The number of ether oxygens (including phenoxy) is 3. The van der Waals surface area contributed by atoms with Crippen LogP contribution in [0.1, 0.15) is 27.7 Å². The summed E-state index contributed by atoms with van der Waals surface area (Å²) < 4.78 is 14.0. The summed E-state index contributed by atoms with van der Waals surface area (Å²) in [7, 11) is 0. The molecule has 0 saturated carbocycles. The number of amides is 1. The molecule has 0 aliphatic rings. The summed E-state index contributed by atoms with van der Waals surface area (Å²) in [4.78, 5) is 34.4. The van der Waals surface area contributed by atoms with E-state index >= 15 is 0 Å². The van der Waals surface area contributed by atoms with Gasteiger partial charge in [-0.25, -0.2) is 14.4 Å². The van der Waals surface area contributed by atoms with Crippen LogP contribution in [0.15, 0.2) is 0 Å². The Labute approximate surface area is 122 Å². The molecule has 1 N–H and O–H groups in total. The van der Waals surface area contributed by atoms with Crippen molar-refractivity contribution in [3.05, 3.63) is 0 Å². The Morgan fingerprint density at radius 3 is 2.30 bits per heavy atom. The molecule has 1 amide bonds. The predicted molar refractivity (Wildman–Crippen MR) is 74.7 cm³/mol. The lowest BCUT2D eigenvalue weighted by molar-refractivity contribution is -0.141. The van der Waals surface area contributed by atoms with Gasteiger partial charge in [-0.15, -0.1) is 0 Å². The van der Waals surface area contributed by atoms with Crippen LogP contribution < -0.4 is 5.32 Å². The van der Waals surface area contributed by atoms with Crippen molar-refractivity contribution in [3.8, 4) is 0 Å². The van der Waals surface area contributed by atoms with Gasteiger partial charge in [-0.3, -0.25) is 0 Å². The van der Waals surface area contributed by atoms with E-state index in [9.17, 15) is 14.4 Å². The molecule has 116 valence electrons. The van der Waals surface area contributed by atoms with Gasteiger partial charge in [0.25, 0.3) is 0 Å². The first-order chi connectivity index (χ1) is 9.19. The van der Waals surface area contributed by atoms with E-state index in [1.807, 2.05) is 0 Å². The third kappa shape index (κ3) is 8.63. The van der Waals surface area contributed by atoms with Gasteiger partial charge in [0.1, 0.15) is 11.6 Å². The third-order valence-corrected chi connectivity index (χ3v) is 2.42. The molecule has 0 fully saturated rings. The molecule has 0 aliphatic heterocycles.